The van der Waals surface area contributed by atoms with Gasteiger partial charge in [0.15, 0.2) is 10.9 Å². The Bertz CT molecular complexity index is 699. The quantitative estimate of drug-likeness (QED) is 0.752. The number of halogens is 2. The summed E-state index contributed by atoms with van der Waals surface area (Å²) in [6.07, 6.45) is 1.00. The Balaban J connectivity index is 2.07. The molecule has 7 heteroatoms. The summed E-state index contributed by atoms with van der Waals surface area (Å²) < 4.78 is 1.88. The van der Waals surface area contributed by atoms with Gasteiger partial charge in [0.2, 0.25) is 0 Å². The van der Waals surface area contributed by atoms with Gasteiger partial charge in [0.05, 0.1) is 6.54 Å². The fourth-order valence-electron chi connectivity index (χ4n) is 2.02. The van der Waals surface area contributed by atoms with Gasteiger partial charge in [-0.1, -0.05) is 36.2 Å². The monoisotopic (exact) mass is 370 g/mol. The van der Waals surface area contributed by atoms with Crippen LogP contribution in [-0.4, -0.2) is 20.9 Å². The van der Waals surface area contributed by atoms with E-state index in [1.54, 1.807) is 6.07 Å². The summed E-state index contributed by atoms with van der Waals surface area (Å²) in [6, 6.07) is 7.75. The third-order valence-corrected chi connectivity index (χ3v) is 4.35. The number of benzene rings is 1. The maximum absolute atomic E-state index is 6.22. The number of aromatic nitrogens is 2. The molecule has 1 aromatic heterocycles. The normalized spacial score (nSPS) is 12.0. The largest absolute Gasteiger partial charge is 0.360 e. The van der Waals surface area contributed by atoms with E-state index in [4.69, 9.17) is 35.4 Å². The van der Waals surface area contributed by atoms with Crippen molar-refractivity contribution in [3.05, 3.63) is 45.6 Å². The number of nitrogens with zero attached hydrogens (tertiary/aromatic N) is 2. The van der Waals surface area contributed by atoms with E-state index < -0.39 is 0 Å². The van der Waals surface area contributed by atoms with Crippen LogP contribution in [0.3, 0.4) is 0 Å². The van der Waals surface area contributed by atoms with Gasteiger partial charge in [0.25, 0.3) is 0 Å². The fraction of sp³-hybridized carbons (Fsp3) is 0.375. The molecule has 124 valence electrons. The van der Waals surface area contributed by atoms with Crippen molar-refractivity contribution in [2.45, 2.75) is 39.8 Å². The van der Waals surface area contributed by atoms with E-state index in [-0.39, 0.29) is 0 Å². The van der Waals surface area contributed by atoms with Crippen molar-refractivity contribution in [3.63, 3.8) is 0 Å². The van der Waals surface area contributed by atoms with Crippen LogP contribution in [0.1, 0.15) is 31.5 Å². The van der Waals surface area contributed by atoms with Crippen LogP contribution in [0, 0.1) is 6.92 Å². The van der Waals surface area contributed by atoms with Crippen LogP contribution >= 0.6 is 35.4 Å². The third kappa shape index (κ3) is 5.09. The standard InChI is InChI=1S/C16H20Cl2N4S/c1-4-10(2)19-16(23)20-15-7-11(3)22(21-15)9-12-5-6-13(17)8-14(12)18/h5-8,10H,4,9H2,1-3H3,(H2,19,20,21,23). The molecule has 0 radical (unpaired) electrons. The van der Waals surface area contributed by atoms with Crippen molar-refractivity contribution in [3.8, 4) is 0 Å². The Morgan fingerprint density at radius 1 is 1.35 bits per heavy atom. The number of nitrogens with one attached hydrogen (secondary N) is 2. The minimum Gasteiger partial charge on any atom is -0.360 e. The molecule has 1 aromatic carbocycles. The first kappa shape index (κ1) is 18.0. The molecule has 0 saturated heterocycles. The van der Waals surface area contributed by atoms with Gasteiger partial charge in [-0.25, -0.2) is 0 Å². The molecule has 23 heavy (non-hydrogen) atoms. The smallest absolute Gasteiger partial charge is 0.172 e. The lowest BCUT2D eigenvalue weighted by atomic mass is 10.2. The number of hydrogen-bond donors (Lipinski definition) is 2. The second kappa shape index (κ2) is 7.99. The van der Waals surface area contributed by atoms with Crippen molar-refractivity contribution in [2.75, 3.05) is 5.32 Å². The zero-order valence-electron chi connectivity index (χ0n) is 13.4. The van der Waals surface area contributed by atoms with Crippen molar-refractivity contribution >= 4 is 46.4 Å². The summed E-state index contributed by atoms with van der Waals surface area (Å²) in [6.45, 7) is 6.76. The minimum atomic E-state index is 0.325. The van der Waals surface area contributed by atoms with Crippen molar-refractivity contribution in [2.24, 2.45) is 0 Å². The summed E-state index contributed by atoms with van der Waals surface area (Å²) in [5.41, 5.74) is 1.99. The maximum Gasteiger partial charge on any atom is 0.172 e. The van der Waals surface area contributed by atoms with Crippen LogP contribution in [0.25, 0.3) is 0 Å². The van der Waals surface area contributed by atoms with E-state index in [1.807, 2.05) is 29.8 Å². The van der Waals surface area contributed by atoms with E-state index >= 15 is 0 Å². The van der Waals surface area contributed by atoms with Crippen LogP contribution in [0.2, 0.25) is 10.0 Å². The van der Waals surface area contributed by atoms with Crippen molar-refractivity contribution < 1.29 is 0 Å². The predicted octanol–water partition coefficient (Wildman–Crippen LogP) is 4.63. The Morgan fingerprint density at radius 2 is 2.09 bits per heavy atom. The van der Waals surface area contributed by atoms with Gasteiger partial charge >= 0.3 is 0 Å². The molecule has 2 N–H and O–H groups in total. The molecule has 1 atom stereocenters. The average molecular weight is 371 g/mol. The van der Waals surface area contributed by atoms with E-state index in [9.17, 15) is 0 Å². The number of anilines is 1. The highest BCUT2D eigenvalue weighted by atomic mass is 35.5. The summed E-state index contributed by atoms with van der Waals surface area (Å²) in [4.78, 5) is 0. The zero-order valence-corrected chi connectivity index (χ0v) is 15.7. The molecule has 1 unspecified atom stereocenters. The van der Waals surface area contributed by atoms with Gasteiger partial charge in [-0.3, -0.25) is 4.68 Å². The highest BCUT2D eigenvalue weighted by Gasteiger charge is 2.09. The number of thiocarbonyl (C=S) groups is 1. The highest BCUT2D eigenvalue weighted by Crippen LogP contribution is 2.22. The number of aryl methyl sites for hydroxylation is 1. The molecule has 0 aliphatic rings. The molecule has 1 heterocycles. The van der Waals surface area contributed by atoms with Gasteiger partial charge in [-0.2, -0.15) is 5.10 Å². The second-order valence-electron chi connectivity index (χ2n) is 5.47. The molecule has 0 spiro atoms. The van der Waals surface area contributed by atoms with Gasteiger partial charge in [-0.15, -0.1) is 0 Å². The Kier molecular flexibility index (Phi) is 6.27. The molecule has 4 nitrogen and oxygen atoms in total. The van der Waals surface area contributed by atoms with Crippen LogP contribution in [-0.2, 0) is 6.54 Å². The number of hydrogen-bond acceptors (Lipinski definition) is 2. The van der Waals surface area contributed by atoms with Gasteiger partial charge < -0.3 is 10.6 Å². The average Bonchev–Trinajstić information content (AvgIpc) is 2.81. The van der Waals surface area contributed by atoms with Crippen molar-refractivity contribution in [1.82, 2.24) is 15.1 Å². The van der Waals surface area contributed by atoms with Crippen LogP contribution < -0.4 is 10.6 Å². The first-order chi connectivity index (χ1) is 10.9. The molecule has 0 amide bonds. The Morgan fingerprint density at radius 3 is 2.74 bits per heavy atom. The Hall–Kier alpha value is -1.30. The molecule has 2 aromatic rings. The van der Waals surface area contributed by atoms with E-state index in [0.717, 1.165) is 17.7 Å². The Labute approximate surface area is 152 Å². The maximum atomic E-state index is 6.22. The summed E-state index contributed by atoms with van der Waals surface area (Å²) in [5.74, 6) is 0.716. The molecular weight excluding hydrogens is 351 g/mol. The predicted molar refractivity (Wildman–Crippen MR) is 102 cm³/mol. The lowest BCUT2D eigenvalue weighted by Gasteiger charge is -2.13. The first-order valence-electron chi connectivity index (χ1n) is 7.45. The summed E-state index contributed by atoms with van der Waals surface area (Å²) >= 11 is 17.4. The van der Waals surface area contributed by atoms with E-state index in [2.05, 4.69) is 29.6 Å². The van der Waals surface area contributed by atoms with Crippen LogP contribution in [0.4, 0.5) is 5.82 Å². The van der Waals surface area contributed by atoms with Crippen molar-refractivity contribution in [1.29, 1.82) is 0 Å². The number of rotatable bonds is 5. The lowest BCUT2D eigenvalue weighted by Crippen LogP contribution is -2.35. The lowest BCUT2D eigenvalue weighted by molar-refractivity contribution is 0.644. The molecule has 0 bridgehead atoms. The molecule has 2 rings (SSSR count). The van der Waals surface area contributed by atoms with E-state index in [1.165, 1.54) is 0 Å². The minimum absolute atomic E-state index is 0.325. The second-order valence-corrected chi connectivity index (χ2v) is 6.72. The fourth-order valence-corrected chi connectivity index (χ4v) is 2.79. The molecule has 0 aliphatic heterocycles. The van der Waals surface area contributed by atoms with Crippen LogP contribution in [0.15, 0.2) is 24.3 Å². The topological polar surface area (TPSA) is 41.9 Å². The molecule has 0 saturated carbocycles. The van der Waals surface area contributed by atoms with Gasteiger partial charge in [0.1, 0.15) is 0 Å². The highest BCUT2D eigenvalue weighted by molar-refractivity contribution is 7.80. The van der Waals surface area contributed by atoms with Crippen LogP contribution in [0.5, 0.6) is 0 Å². The molecular formula is C16H20Cl2N4S. The molecule has 0 fully saturated rings. The summed E-state index contributed by atoms with van der Waals surface area (Å²) in [7, 11) is 0. The first-order valence-corrected chi connectivity index (χ1v) is 8.61. The zero-order chi connectivity index (χ0) is 17.0. The van der Waals surface area contributed by atoms with E-state index in [0.29, 0.717) is 33.6 Å². The SMILES string of the molecule is CCC(C)NC(=S)Nc1cc(C)n(Cc2ccc(Cl)cc2Cl)n1. The van der Waals surface area contributed by atoms with Gasteiger partial charge in [0, 0.05) is 27.8 Å². The van der Waals surface area contributed by atoms with Gasteiger partial charge in [-0.05, 0) is 50.2 Å². The summed E-state index contributed by atoms with van der Waals surface area (Å²) in [5, 5.41) is 12.7. The third-order valence-electron chi connectivity index (χ3n) is 3.55. The molecule has 0 aliphatic carbocycles.